The van der Waals surface area contributed by atoms with Crippen LogP contribution in [0.2, 0.25) is 0 Å². The second kappa shape index (κ2) is 4.99. The summed E-state index contributed by atoms with van der Waals surface area (Å²) in [6.45, 7) is 16.1. The molecule has 0 aromatic rings. The minimum atomic E-state index is 0.428. The molecule has 0 radical (unpaired) electrons. The van der Waals surface area contributed by atoms with Gasteiger partial charge in [0.05, 0.1) is 6.10 Å². The highest BCUT2D eigenvalue weighted by molar-refractivity contribution is 5.16. The molecule has 1 aliphatic heterocycles. The third-order valence-corrected chi connectivity index (χ3v) is 8.28. The molecule has 1 saturated heterocycles. The molecule has 132 valence electrons. The Balaban J connectivity index is 1.69. The van der Waals surface area contributed by atoms with Crippen LogP contribution in [0.1, 0.15) is 80.1 Å². The molecule has 4 aliphatic rings. The monoisotopic (exact) mass is 318 g/mol. The highest BCUT2D eigenvalue weighted by Crippen LogP contribution is 2.72. The van der Waals surface area contributed by atoms with Crippen LogP contribution < -0.4 is 0 Å². The average molecular weight is 319 g/mol. The van der Waals surface area contributed by atoms with Crippen LogP contribution in [-0.4, -0.2) is 12.7 Å². The van der Waals surface area contributed by atoms with Crippen molar-refractivity contribution in [2.45, 2.75) is 86.2 Å². The minimum absolute atomic E-state index is 0.428. The molecule has 4 fully saturated rings. The van der Waals surface area contributed by atoms with E-state index in [9.17, 15) is 0 Å². The van der Waals surface area contributed by atoms with Crippen LogP contribution in [0.5, 0.6) is 0 Å². The zero-order chi connectivity index (χ0) is 16.6. The minimum Gasteiger partial charge on any atom is -0.377 e. The second-order valence-corrected chi connectivity index (χ2v) is 11.6. The van der Waals surface area contributed by atoms with Gasteiger partial charge in [-0.1, -0.05) is 48.0 Å². The van der Waals surface area contributed by atoms with Crippen molar-refractivity contribution in [1.82, 2.24) is 0 Å². The lowest BCUT2D eigenvalue weighted by molar-refractivity contribution is -0.0989. The molecule has 3 saturated carbocycles. The second-order valence-electron chi connectivity index (χ2n) is 11.6. The van der Waals surface area contributed by atoms with E-state index in [1.807, 2.05) is 0 Å². The first-order valence-corrected chi connectivity index (χ1v) is 10.3. The molecule has 1 nitrogen and oxygen atoms in total. The Kier molecular flexibility index (Phi) is 3.57. The third kappa shape index (κ3) is 2.28. The summed E-state index contributed by atoms with van der Waals surface area (Å²) >= 11 is 0. The number of fused-ring (bicyclic) bond motifs is 3. The van der Waals surface area contributed by atoms with E-state index in [1.54, 1.807) is 0 Å². The molecule has 4 rings (SSSR count). The third-order valence-electron chi connectivity index (χ3n) is 8.28. The molecule has 6 atom stereocenters. The smallest absolute Gasteiger partial charge is 0.0663 e. The van der Waals surface area contributed by atoms with Gasteiger partial charge in [-0.2, -0.15) is 0 Å². The van der Waals surface area contributed by atoms with Crippen LogP contribution in [0.3, 0.4) is 0 Å². The molecule has 0 N–H and O–H groups in total. The Labute approximate surface area is 143 Å². The molecule has 0 aromatic heterocycles. The largest absolute Gasteiger partial charge is 0.377 e. The van der Waals surface area contributed by atoms with E-state index in [0.717, 1.165) is 36.2 Å². The normalized spacial score (nSPS) is 47.5. The van der Waals surface area contributed by atoms with Crippen LogP contribution in [0.15, 0.2) is 0 Å². The van der Waals surface area contributed by atoms with Crippen molar-refractivity contribution in [2.75, 3.05) is 6.61 Å². The summed E-state index contributed by atoms with van der Waals surface area (Å²) in [6, 6.07) is 0. The molecule has 2 bridgehead atoms. The first-order valence-electron chi connectivity index (χ1n) is 10.3. The number of hydrogen-bond donors (Lipinski definition) is 0. The number of rotatable bonds is 1. The summed E-state index contributed by atoms with van der Waals surface area (Å²) in [5.41, 5.74) is 1.43. The first kappa shape index (κ1) is 16.4. The zero-order valence-electron chi connectivity index (χ0n) is 16.3. The fourth-order valence-corrected chi connectivity index (χ4v) is 7.64. The van der Waals surface area contributed by atoms with Gasteiger partial charge in [0.2, 0.25) is 0 Å². The van der Waals surface area contributed by atoms with E-state index in [1.165, 1.54) is 38.5 Å². The van der Waals surface area contributed by atoms with Crippen molar-refractivity contribution in [2.24, 2.45) is 45.8 Å². The van der Waals surface area contributed by atoms with Crippen molar-refractivity contribution < 1.29 is 4.74 Å². The van der Waals surface area contributed by atoms with Crippen LogP contribution >= 0.6 is 0 Å². The van der Waals surface area contributed by atoms with Gasteiger partial charge in [-0.15, -0.1) is 0 Å². The molecule has 6 unspecified atom stereocenters. The van der Waals surface area contributed by atoms with E-state index in [2.05, 4.69) is 41.5 Å². The summed E-state index contributed by atoms with van der Waals surface area (Å²) in [6.07, 6.45) is 9.27. The van der Waals surface area contributed by atoms with Gasteiger partial charge in [0.1, 0.15) is 0 Å². The molecule has 1 heterocycles. The van der Waals surface area contributed by atoms with Crippen LogP contribution in [0.25, 0.3) is 0 Å². The quantitative estimate of drug-likeness (QED) is 0.582. The average Bonchev–Trinajstić information content (AvgIpc) is 2.99. The van der Waals surface area contributed by atoms with Gasteiger partial charge in [-0.25, -0.2) is 0 Å². The maximum Gasteiger partial charge on any atom is 0.0663 e. The van der Waals surface area contributed by atoms with Gasteiger partial charge in [-0.3, -0.25) is 0 Å². The van der Waals surface area contributed by atoms with Crippen molar-refractivity contribution in [3.63, 3.8) is 0 Å². The predicted molar refractivity (Wildman–Crippen MR) is 96.2 cm³/mol. The summed E-state index contributed by atoms with van der Waals surface area (Å²) < 4.78 is 6.43. The summed E-state index contributed by atoms with van der Waals surface area (Å²) in [5, 5.41) is 0. The Morgan fingerprint density at radius 1 is 0.870 bits per heavy atom. The van der Waals surface area contributed by atoms with Gasteiger partial charge in [0, 0.05) is 12.0 Å². The highest BCUT2D eigenvalue weighted by atomic mass is 16.5. The van der Waals surface area contributed by atoms with Gasteiger partial charge in [0.25, 0.3) is 0 Å². The van der Waals surface area contributed by atoms with Crippen molar-refractivity contribution >= 4 is 0 Å². The zero-order valence-corrected chi connectivity index (χ0v) is 16.3. The van der Waals surface area contributed by atoms with Gasteiger partial charge in [0.15, 0.2) is 0 Å². The SMILES string of the molecule is CC(C)(C)C1C2CC(C1C(C)(C)C)C1(CCOC1C1CCC1)C2. The Hall–Kier alpha value is -0.0400. The lowest BCUT2D eigenvalue weighted by atomic mass is 9.50. The maximum absolute atomic E-state index is 6.43. The van der Waals surface area contributed by atoms with Crippen molar-refractivity contribution in [1.29, 1.82) is 0 Å². The van der Waals surface area contributed by atoms with Gasteiger partial charge in [-0.05, 0) is 72.5 Å². The van der Waals surface area contributed by atoms with E-state index in [0.29, 0.717) is 22.3 Å². The Bertz CT molecular complexity index is 463. The standard InChI is InChI=1S/C22H38O/c1-20(2,3)17-15-12-16(18(17)21(4,5)6)22(13-15)10-11-23-19(22)14-8-7-9-14/h14-19H,7-13H2,1-6H3. The Morgan fingerprint density at radius 2 is 1.52 bits per heavy atom. The molecule has 1 heteroatoms. The molecule has 0 amide bonds. The summed E-state index contributed by atoms with van der Waals surface area (Å²) in [5.74, 6) is 4.55. The van der Waals surface area contributed by atoms with E-state index < -0.39 is 0 Å². The van der Waals surface area contributed by atoms with E-state index in [4.69, 9.17) is 4.74 Å². The lowest BCUT2D eigenvalue weighted by Crippen LogP contribution is -2.51. The van der Waals surface area contributed by atoms with Crippen LogP contribution in [0, 0.1) is 45.8 Å². The first-order chi connectivity index (χ1) is 10.6. The molecular weight excluding hydrogens is 280 g/mol. The molecule has 3 aliphatic carbocycles. The van der Waals surface area contributed by atoms with Gasteiger partial charge < -0.3 is 4.74 Å². The summed E-state index contributed by atoms with van der Waals surface area (Å²) in [4.78, 5) is 0. The topological polar surface area (TPSA) is 9.23 Å². The maximum atomic E-state index is 6.43. The molecule has 0 aromatic carbocycles. The molecule has 1 spiro atoms. The number of hydrogen-bond acceptors (Lipinski definition) is 1. The van der Waals surface area contributed by atoms with E-state index >= 15 is 0 Å². The van der Waals surface area contributed by atoms with Gasteiger partial charge >= 0.3 is 0 Å². The molecule has 23 heavy (non-hydrogen) atoms. The van der Waals surface area contributed by atoms with Crippen LogP contribution in [0.4, 0.5) is 0 Å². The predicted octanol–water partition coefficient (Wildman–Crippen LogP) is 5.93. The lowest BCUT2D eigenvalue weighted by Gasteiger charge is -2.54. The van der Waals surface area contributed by atoms with Crippen molar-refractivity contribution in [3.8, 4) is 0 Å². The highest BCUT2D eigenvalue weighted by Gasteiger charge is 2.68. The van der Waals surface area contributed by atoms with Crippen LogP contribution in [-0.2, 0) is 4.74 Å². The Morgan fingerprint density at radius 3 is 2.04 bits per heavy atom. The van der Waals surface area contributed by atoms with E-state index in [-0.39, 0.29) is 0 Å². The fourth-order valence-electron chi connectivity index (χ4n) is 7.64. The number of ether oxygens (including phenoxy) is 1. The fraction of sp³-hybridized carbons (Fsp3) is 1.00. The molecular formula is C22H38O. The van der Waals surface area contributed by atoms with Crippen molar-refractivity contribution in [3.05, 3.63) is 0 Å². The summed E-state index contributed by atoms with van der Waals surface area (Å²) in [7, 11) is 0.